The van der Waals surface area contributed by atoms with Crippen LogP contribution in [-0.4, -0.2) is 53.5 Å². The standard InChI is InChI=1S/C13H25N5O5/c1-7(17-12(21)8(15)4-2-3-5-14)11(20)18-9(13(22)23)6-10(16)19/h7-9H,2-6,14-15H2,1H3,(H2,16,19)(H,17,21)(H,18,20)(H,22,23). The molecule has 132 valence electrons. The number of carboxylic acids is 1. The van der Waals surface area contributed by atoms with Gasteiger partial charge >= 0.3 is 5.97 Å². The van der Waals surface area contributed by atoms with Crippen LogP contribution in [0.3, 0.4) is 0 Å². The highest BCUT2D eigenvalue weighted by Crippen LogP contribution is 1.99. The molecule has 0 saturated carbocycles. The number of aliphatic carboxylic acids is 1. The van der Waals surface area contributed by atoms with Crippen molar-refractivity contribution in [3.8, 4) is 0 Å². The first-order valence-electron chi connectivity index (χ1n) is 7.26. The lowest BCUT2D eigenvalue weighted by molar-refractivity contribution is -0.143. The van der Waals surface area contributed by atoms with Gasteiger partial charge in [0.05, 0.1) is 12.5 Å². The summed E-state index contributed by atoms with van der Waals surface area (Å²) in [7, 11) is 0. The summed E-state index contributed by atoms with van der Waals surface area (Å²) in [5.74, 6) is -3.53. The predicted octanol–water partition coefficient (Wildman–Crippen LogP) is -2.61. The number of primary amides is 1. The van der Waals surface area contributed by atoms with Crippen molar-refractivity contribution in [1.29, 1.82) is 0 Å². The molecule has 0 aliphatic rings. The third kappa shape index (κ3) is 8.73. The Morgan fingerprint density at radius 3 is 2.17 bits per heavy atom. The maximum absolute atomic E-state index is 11.9. The molecule has 0 radical (unpaired) electrons. The van der Waals surface area contributed by atoms with Crippen LogP contribution in [0, 0.1) is 0 Å². The summed E-state index contributed by atoms with van der Waals surface area (Å²) in [6.45, 7) is 1.88. The minimum Gasteiger partial charge on any atom is -0.480 e. The van der Waals surface area contributed by atoms with Crippen molar-refractivity contribution in [2.24, 2.45) is 17.2 Å². The maximum atomic E-state index is 11.9. The molecule has 9 N–H and O–H groups in total. The highest BCUT2D eigenvalue weighted by Gasteiger charge is 2.26. The number of carboxylic acid groups (broad SMARTS) is 1. The van der Waals surface area contributed by atoms with Gasteiger partial charge in [-0.15, -0.1) is 0 Å². The molecule has 0 rings (SSSR count). The summed E-state index contributed by atoms with van der Waals surface area (Å²) < 4.78 is 0. The molecule has 10 heteroatoms. The molecule has 0 fully saturated rings. The van der Waals surface area contributed by atoms with Crippen LogP contribution >= 0.6 is 0 Å². The van der Waals surface area contributed by atoms with Crippen LogP contribution in [0.15, 0.2) is 0 Å². The van der Waals surface area contributed by atoms with E-state index in [-0.39, 0.29) is 0 Å². The number of carbonyl (C=O) groups is 4. The zero-order valence-electron chi connectivity index (χ0n) is 13.1. The Kier molecular flexibility index (Phi) is 9.51. The fourth-order valence-electron chi connectivity index (χ4n) is 1.72. The number of nitrogens with one attached hydrogen (secondary N) is 2. The minimum atomic E-state index is -1.45. The van der Waals surface area contributed by atoms with Crippen LogP contribution in [0.4, 0.5) is 0 Å². The number of unbranched alkanes of at least 4 members (excludes halogenated alkanes) is 1. The summed E-state index contributed by atoms with van der Waals surface area (Å²) in [4.78, 5) is 45.4. The first-order valence-corrected chi connectivity index (χ1v) is 7.26. The van der Waals surface area contributed by atoms with Crippen LogP contribution in [0.2, 0.25) is 0 Å². The normalized spacial score (nSPS) is 14.4. The quantitative estimate of drug-likeness (QED) is 0.223. The van der Waals surface area contributed by atoms with E-state index in [0.29, 0.717) is 19.4 Å². The van der Waals surface area contributed by atoms with Crippen molar-refractivity contribution in [1.82, 2.24) is 10.6 Å². The van der Waals surface area contributed by atoms with Gasteiger partial charge in [0, 0.05) is 0 Å². The number of hydrogen-bond acceptors (Lipinski definition) is 6. The van der Waals surface area contributed by atoms with Crippen LogP contribution in [0.1, 0.15) is 32.6 Å². The molecule has 0 aromatic heterocycles. The van der Waals surface area contributed by atoms with Gasteiger partial charge in [-0.2, -0.15) is 0 Å². The average molecular weight is 331 g/mol. The van der Waals surface area contributed by atoms with Gasteiger partial charge in [0.2, 0.25) is 17.7 Å². The van der Waals surface area contributed by atoms with E-state index in [0.717, 1.165) is 6.42 Å². The lowest BCUT2D eigenvalue weighted by Gasteiger charge is -2.19. The monoisotopic (exact) mass is 331 g/mol. The lowest BCUT2D eigenvalue weighted by atomic mass is 10.1. The molecular formula is C13H25N5O5. The highest BCUT2D eigenvalue weighted by molar-refractivity contribution is 5.92. The van der Waals surface area contributed by atoms with Crippen LogP contribution in [0.5, 0.6) is 0 Å². The Morgan fingerprint density at radius 1 is 1.09 bits per heavy atom. The topological polar surface area (TPSA) is 191 Å². The van der Waals surface area contributed by atoms with Crippen molar-refractivity contribution < 1.29 is 24.3 Å². The summed E-state index contributed by atoms with van der Waals surface area (Å²) in [6.07, 6.45) is 1.31. The van der Waals surface area contributed by atoms with Crippen LogP contribution < -0.4 is 27.8 Å². The zero-order chi connectivity index (χ0) is 18.0. The third-order valence-corrected chi connectivity index (χ3v) is 3.08. The predicted molar refractivity (Wildman–Crippen MR) is 81.9 cm³/mol. The maximum Gasteiger partial charge on any atom is 0.326 e. The molecular weight excluding hydrogens is 306 g/mol. The Morgan fingerprint density at radius 2 is 1.70 bits per heavy atom. The molecule has 3 amide bonds. The second-order valence-electron chi connectivity index (χ2n) is 5.19. The summed E-state index contributed by atoms with van der Waals surface area (Å²) >= 11 is 0. The smallest absolute Gasteiger partial charge is 0.326 e. The number of amides is 3. The Bertz CT molecular complexity index is 442. The number of hydrogen-bond donors (Lipinski definition) is 6. The number of rotatable bonds is 11. The van der Waals surface area contributed by atoms with Gasteiger partial charge in [-0.3, -0.25) is 14.4 Å². The summed E-state index contributed by atoms with van der Waals surface area (Å²) in [5.41, 5.74) is 15.9. The second kappa shape index (κ2) is 10.5. The van der Waals surface area contributed by atoms with E-state index in [1.165, 1.54) is 6.92 Å². The Hall–Kier alpha value is -2.20. The second-order valence-corrected chi connectivity index (χ2v) is 5.19. The number of nitrogens with two attached hydrogens (primary N) is 3. The zero-order valence-corrected chi connectivity index (χ0v) is 13.1. The van der Waals surface area contributed by atoms with Crippen molar-refractivity contribution in [2.75, 3.05) is 6.54 Å². The molecule has 0 spiro atoms. The molecule has 10 nitrogen and oxygen atoms in total. The van der Waals surface area contributed by atoms with E-state index in [1.54, 1.807) is 0 Å². The third-order valence-electron chi connectivity index (χ3n) is 3.08. The summed E-state index contributed by atoms with van der Waals surface area (Å²) in [6, 6.07) is -3.23. The van der Waals surface area contributed by atoms with Crippen LogP contribution in [-0.2, 0) is 19.2 Å². The van der Waals surface area contributed by atoms with E-state index in [2.05, 4.69) is 10.6 Å². The van der Waals surface area contributed by atoms with Crippen molar-refractivity contribution in [3.63, 3.8) is 0 Å². The lowest BCUT2D eigenvalue weighted by Crippen LogP contribution is -2.53. The molecule has 0 aromatic carbocycles. The van der Waals surface area contributed by atoms with Gasteiger partial charge in [-0.25, -0.2) is 4.79 Å². The van der Waals surface area contributed by atoms with Gasteiger partial charge in [0.15, 0.2) is 0 Å². The molecule has 0 heterocycles. The van der Waals surface area contributed by atoms with E-state index in [9.17, 15) is 19.2 Å². The van der Waals surface area contributed by atoms with Gasteiger partial charge in [-0.1, -0.05) is 6.42 Å². The SMILES string of the molecule is CC(NC(=O)C(N)CCCCN)C(=O)NC(CC(N)=O)C(=O)O. The molecule has 0 bridgehead atoms. The Balaban J connectivity index is 4.44. The van der Waals surface area contributed by atoms with Gasteiger partial charge in [0.1, 0.15) is 12.1 Å². The fourth-order valence-corrected chi connectivity index (χ4v) is 1.72. The molecule has 0 saturated heterocycles. The van der Waals surface area contributed by atoms with Crippen LogP contribution in [0.25, 0.3) is 0 Å². The molecule has 0 aliphatic carbocycles. The Labute approximate surface area is 134 Å². The average Bonchev–Trinajstić information content (AvgIpc) is 2.45. The number of carbonyl (C=O) groups excluding carboxylic acids is 3. The van der Waals surface area contributed by atoms with Crippen molar-refractivity contribution >= 4 is 23.7 Å². The fraction of sp³-hybridized carbons (Fsp3) is 0.692. The molecule has 3 atom stereocenters. The first-order chi connectivity index (χ1) is 10.7. The molecule has 3 unspecified atom stereocenters. The molecule has 0 aliphatic heterocycles. The molecule has 23 heavy (non-hydrogen) atoms. The van der Waals surface area contributed by atoms with Crippen molar-refractivity contribution in [3.05, 3.63) is 0 Å². The first kappa shape index (κ1) is 20.8. The minimum absolute atomic E-state index is 0.427. The van der Waals surface area contributed by atoms with Gasteiger partial charge < -0.3 is 32.9 Å². The van der Waals surface area contributed by atoms with Crippen molar-refractivity contribution in [2.45, 2.75) is 50.7 Å². The van der Waals surface area contributed by atoms with Gasteiger partial charge in [0.25, 0.3) is 0 Å². The molecule has 0 aromatic rings. The van der Waals surface area contributed by atoms with E-state index >= 15 is 0 Å². The van der Waals surface area contributed by atoms with E-state index < -0.39 is 48.2 Å². The van der Waals surface area contributed by atoms with E-state index in [4.69, 9.17) is 22.3 Å². The van der Waals surface area contributed by atoms with E-state index in [1.807, 2.05) is 0 Å². The largest absolute Gasteiger partial charge is 0.480 e. The highest BCUT2D eigenvalue weighted by atomic mass is 16.4. The van der Waals surface area contributed by atoms with Gasteiger partial charge in [-0.05, 0) is 26.3 Å². The summed E-state index contributed by atoms with van der Waals surface area (Å²) in [5, 5.41) is 13.4.